The van der Waals surface area contributed by atoms with E-state index in [0.717, 1.165) is 43.1 Å². The number of aromatic nitrogens is 6. The lowest BCUT2D eigenvalue weighted by Crippen LogP contribution is -2.65. The second kappa shape index (κ2) is 38.7. The molecule has 9 heterocycles. The molecule has 0 radical (unpaired) electrons. The number of carbonyl (C=O) groups excluding carboxylic acids is 10. The standard InChI is InChI=1S/C28H37N5O11S2.C28H37N5O8S.C19H21N5O9S2/c1-26(2,3)42-23(37)28(7,8)44-31-21(17-15-45-24(29-17)30-25(38)43-27(4,5)6)19(34)13-16-18(33(22(16)36)46(39,40)41)14-32-12-10-9-11-20(32)35;1-26(2,3)39-23(37)28(7,8)41-32-21(18-15-42-24(30-18)31-25(38)40-27(4,5)6)19(34)13-16-17(29-22(16)36)14-33-12-10-9-11-20(33)35;1-19(2,17(28)29)33-22-15(11-9-34-18(20)21-11)13(25)7-10-12(24(16(10)27)35(30,31)32)8-23-6-4-3-5-14(23)26/h9-12,15-16,18H,13-14H2,1-8H3,(H,29,30,38)(H,39,40,41);9-12,15-17H,13-14H2,1-8H3,(H,29,36)(H,30,31,38);3-6,9-10,12H,7-8H2,1-2H3,(H2,20,21)(H,28,29)(H,30,31,32)/b31-21-;32-21-;22-15-/t16-,18+;16-,17+;10-,12+/m000/s1. The molecule has 8 N–H and O–H groups in total. The summed E-state index contributed by atoms with van der Waals surface area (Å²) in [5, 5.41) is 32.9. The molecule has 3 saturated heterocycles. The van der Waals surface area contributed by atoms with Crippen LogP contribution in [0.15, 0.2) is 119 Å². The molecule has 668 valence electrons. The van der Waals surface area contributed by atoms with Crippen molar-refractivity contribution in [2.75, 3.05) is 16.4 Å². The van der Waals surface area contributed by atoms with Crippen molar-refractivity contribution in [3.05, 3.63) is 137 Å². The number of carboxylic acids is 1. The SMILES string of the molecule is CC(C)(C)OC(=O)Nc1nc(/C(=N/OC(C)(C)C(=O)OC(C)(C)C)C(=O)C[C@@H]2C(=O)N(S(=O)(=O)O)[C@@H]2Cn2ccccc2=O)cs1.CC(C)(C)OC(=O)Nc1nc(/C(=N/OC(C)(C)C(=O)OC(C)(C)C)C(=O)C[C@@H]2C(=O)N[C@@H]2Cn2ccccc2=O)cs1.CC(C)(O/N=C(\C(=O)C[C@@H]1C(=O)N(S(=O)(=O)O)[C@@H]1Cn1ccccc1=O)c1csc(N)n1)C(=O)O. The molecule has 0 bridgehead atoms. The molecular weight excluding hydrogens is 1720 g/mol. The second-order valence-electron chi connectivity index (χ2n) is 33.1. The van der Waals surface area contributed by atoms with E-state index in [-0.39, 0.29) is 84.3 Å². The Morgan fingerprint density at radius 1 is 0.463 bits per heavy atom. The van der Waals surface area contributed by atoms with Crippen molar-refractivity contribution in [1.82, 2.24) is 42.6 Å². The molecular formula is C75H95N15O28S5. The van der Waals surface area contributed by atoms with Crippen molar-refractivity contribution >= 4 is 152 Å². The minimum atomic E-state index is -5.03. The number of ether oxygens (including phenoxy) is 4. The molecule has 0 saturated carbocycles. The second-order valence-corrected chi connectivity index (χ2v) is 38.3. The molecule has 123 heavy (non-hydrogen) atoms. The van der Waals surface area contributed by atoms with Crippen molar-refractivity contribution in [3.63, 3.8) is 0 Å². The van der Waals surface area contributed by atoms with Gasteiger partial charge in [0.25, 0.3) is 16.7 Å². The number of rotatable bonds is 31. The van der Waals surface area contributed by atoms with Crippen LogP contribution in [0.3, 0.4) is 0 Å². The number of Topliss-reactive ketones (excluding diaryl/α,β-unsaturated/α-hetero) is 3. The summed E-state index contributed by atoms with van der Waals surface area (Å²) in [6.07, 6.45) is 1.27. The van der Waals surface area contributed by atoms with E-state index in [4.69, 9.17) is 39.2 Å². The Morgan fingerprint density at radius 3 is 1.08 bits per heavy atom. The number of carbonyl (C=O) groups is 11. The largest absolute Gasteiger partial charge is 0.478 e. The highest BCUT2D eigenvalue weighted by atomic mass is 32.2. The van der Waals surface area contributed by atoms with Gasteiger partial charge in [-0.3, -0.25) is 62.9 Å². The average molecular weight is 1810 g/mol. The van der Waals surface area contributed by atoms with Gasteiger partial charge in [0.2, 0.25) is 34.5 Å². The first-order valence-electron chi connectivity index (χ1n) is 37.1. The first kappa shape index (κ1) is 98.3. The quantitative estimate of drug-likeness (QED) is 0.00674. The first-order chi connectivity index (χ1) is 56.5. The lowest BCUT2D eigenvalue weighted by atomic mass is 9.84. The number of anilines is 3. The zero-order chi connectivity index (χ0) is 92.4. The van der Waals surface area contributed by atoms with Crippen LogP contribution in [0.2, 0.25) is 0 Å². The summed E-state index contributed by atoms with van der Waals surface area (Å²) in [7, 11) is -9.99. The molecule has 3 aliphatic rings. The molecule has 43 nitrogen and oxygen atoms in total. The van der Waals surface area contributed by atoms with Crippen LogP contribution in [0, 0.1) is 17.8 Å². The smallest absolute Gasteiger partial charge is 0.413 e. The monoisotopic (exact) mass is 1810 g/mol. The van der Waals surface area contributed by atoms with Crippen LogP contribution in [0.4, 0.5) is 25.0 Å². The fraction of sp³-hybridized carbons (Fsp3) is 0.493. The van der Waals surface area contributed by atoms with Crippen LogP contribution in [0.1, 0.15) is 161 Å². The van der Waals surface area contributed by atoms with Crippen molar-refractivity contribution in [2.24, 2.45) is 33.2 Å². The molecule has 0 aromatic carbocycles. The molecule has 0 spiro atoms. The number of oxime groups is 3. The maximum atomic E-state index is 13.7. The van der Waals surface area contributed by atoms with E-state index < -0.39 is 190 Å². The number of nitrogens with zero attached hydrogens (tertiary/aromatic N) is 11. The minimum absolute atomic E-state index is 0.0229. The molecule has 3 fully saturated rings. The van der Waals surface area contributed by atoms with Gasteiger partial charge in [-0.05, 0) is 143 Å². The molecule has 0 aliphatic carbocycles. The summed E-state index contributed by atoms with van der Waals surface area (Å²) >= 11 is 2.91. The van der Waals surface area contributed by atoms with Crippen LogP contribution in [-0.2, 0) is 117 Å². The molecule has 0 unspecified atom stereocenters. The van der Waals surface area contributed by atoms with E-state index in [1.807, 2.05) is 0 Å². The van der Waals surface area contributed by atoms with Gasteiger partial charge in [-0.25, -0.2) is 47.5 Å². The number of thiazole rings is 3. The lowest BCUT2D eigenvalue weighted by molar-refractivity contribution is -0.180. The Balaban J connectivity index is 0.000000256. The summed E-state index contributed by atoms with van der Waals surface area (Å²) in [5.74, 6) is -10.9. The predicted octanol–water partition coefficient (Wildman–Crippen LogP) is 5.81. The van der Waals surface area contributed by atoms with Gasteiger partial charge in [-0.1, -0.05) is 33.7 Å². The molecule has 6 aromatic rings. The number of pyridine rings is 3. The van der Waals surface area contributed by atoms with Gasteiger partial charge in [-0.2, -0.15) is 16.8 Å². The highest BCUT2D eigenvalue weighted by Crippen LogP contribution is 2.37. The first-order valence-corrected chi connectivity index (χ1v) is 42.6. The highest BCUT2D eigenvalue weighted by molar-refractivity contribution is 7.84. The van der Waals surface area contributed by atoms with Gasteiger partial charge in [0.15, 0.2) is 49.9 Å². The maximum absolute atomic E-state index is 13.7. The summed E-state index contributed by atoms with van der Waals surface area (Å²) in [4.78, 5) is 205. The Labute approximate surface area is 716 Å². The number of carboxylic acid groups (broad SMARTS) is 1. The molecule has 6 aromatic heterocycles. The van der Waals surface area contributed by atoms with E-state index in [9.17, 15) is 98.2 Å². The van der Waals surface area contributed by atoms with Gasteiger partial charge in [0.05, 0.1) is 35.9 Å². The maximum Gasteiger partial charge on any atom is 0.413 e. The van der Waals surface area contributed by atoms with E-state index >= 15 is 0 Å². The van der Waals surface area contributed by atoms with Gasteiger partial charge >= 0.3 is 50.7 Å². The number of esters is 2. The predicted molar refractivity (Wildman–Crippen MR) is 443 cm³/mol. The number of β-lactam (4-membered cyclic amide) rings is 3. The zero-order valence-corrected chi connectivity index (χ0v) is 74.0. The zero-order valence-electron chi connectivity index (χ0n) is 70.0. The van der Waals surface area contributed by atoms with Gasteiger partial charge in [-0.15, -0.1) is 34.0 Å². The number of hydrogen-bond donors (Lipinski definition) is 7. The fourth-order valence-electron chi connectivity index (χ4n) is 11.0. The van der Waals surface area contributed by atoms with Crippen LogP contribution in [0.5, 0.6) is 0 Å². The highest BCUT2D eigenvalue weighted by Gasteiger charge is 2.56. The number of nitrogen functional groups attached to an aromatic ring is 1. The molecule has 6 atom stereocenters. The van der Waals surface area contributed by atoms with Crippen molar-refractivity contribution in [1.29, 1.82) is 0 Å². The van der Waals surface area contributed by atoms with E-state index in [1.165, 1.54) is 117 Å². The number of aliphatic carboxylic acids is 1. The van der Waals surface area contributed by atoms with E-state index in [2.05, 4.69) is 46.4 Å². The molecule has 3 aliphatic heterocycles. The number of ketones is 3. The summed E-state index contributed by atoms with van der Waals surface area (Å²) in [6, 6.07) is 10.1. The third-order valence-electron chi connectivity index (χ3n) is 17.0. The van der Waals surface area contributed by atoms with Crippen LogP contribution in [-0.4, -0.2) is 208 Å². The van der Waals surface area contributed by atoms with Crippen molar-refractivity contribution < 1.29 is 117 Å². The molecule has 48 heteroatoms. The number of nitrogens with two attached hydrogens (primary N) is 1. The third kappa shape index (κ3) is 27.6. The van der Waals surface area contributed by atoms with Crippen LogP contribution < -0.4 is 38.4 Å². The summed E-state index contributed by atoms with van der Waals surface area (Å²) in [5.41, 5.74) is -5.11. The van der Waals surface area contributed by atoms with Gasteiger partial charge in [0.1, 0.15) is 39.5 Å². The Bertz CT molecular complexity index is 5560. The topological polar surface area (TPSA) is 592 Å². The number of hydrogen-bond acceptors (Lipinski definition) is 35. The molecule has 9 rings (SSSR count). The van der Waals surface area contributed by atoms with Crippen molar-refractivity contribution in [3.8, 4) is 0 Å². The van der Waals surface area contributed by atoms with Gasteiger partial charge < -0.3 is 63.3 Å². The Morgan fingerprint density at radius 2 is 0.780 bits per heavy atom. The number of nitrogens with one attached hydrogen (secondary N) is 3. The van der Waals surface area contributed by atoms with Crippen molar-refractivity contribution in [2.45, 2.75) is 221 Å². The average Bonchev–Trinajstić information content (AvgIpc) is 1.23. The van der Waals surface area contributed by atoms with E-state index in [0.29, 0.717) is 0 Å². The van der Waals surface area contributed by atoms with E-state index in [1.54, 1.807) is 101 Å². The summed E-state index contributed by atoms with van der Waals surface area (Å²) in [6.45, 7) is 27.7. The third-order valence-corrected chi connectivity index (χ3v) is 21.1. The molecule has 5 amide bonds. The summed E-state index contributed by atoms with van der Waals surface area (Å²) < 4.78 is 92.0. The van der Waals surface area contributed by atoms with Gasteiger partial charge in [0, 0.05) is 91.8 Å². The number of amides is 5. The Hall–Kier alpha value is -11.9. The van der Waals surface area contributed by atoms with Crippen LogP contribution in [0.25, 0.3) is 0 Å². The lowest BCUT2D eigenvalue weighted by Gasteiger charge is -2.44. The fourth-order valence-corrected chi connectivity index (χ4v) is 14.7. The van der Waals surface area contributed by atoms with Crippen LogP contribution >= 0.6 is 34.0 Å². The Kier molecular flexibility index (Phi) is 30.9. The normalized spacial score (nSPS) is 17.9. The minimum Gasteiger partial charge on any atom is -0.478 e.